The summed E-state index contributed by atoms with van der Waals surface area (Å²) < 4.78 is 5.49. The number of carbonyl (C=O) groups is 1. The Labute approximate surface area is 103 Å². The van der Waals surface area contributed by atoms with Crippen LogP contribution in [0.5, 0.6) is 0 Å². The topological polar surface area (TPSA) is 41.6 Å². The average molecular weight is 249 g/mol. The summed E-state index contributed by atoms with van der Waals surface area (Å²) >= 11 is 0. The number of piperazine rings is 1. The van der Waals surface area contributed by atoms with Crippen molar-refractivity contribution in [2.75, 3.05) is 26.2 Å². The van der Waals surface area contributed by atoms with Crippen LogP contribution in [0.4, 0.5) is 0 Å². The van der Waals surface area contributed by atoms with Gasteiger partial charge in [0.2, 0.25) is 5.91 Å². The molecule has 4 nitrogen and oxygen atoms in total. The molecule has 2 saturated heterocycles. The molecule has 0 spiro atoms. The number of nitrogens with one attached hydrogen (secondary N) is 1. The Bertz CT molecular complexity index is 232. The van der Waals surface area contributed by atoms with Crippen LogP contribution in [-0.2, 0) is 9.53 Å². The summed E-state index contributed by atoms with van der Waals surface area (Å²) in [5.41, 5.74) is 0. The molecule has 2 aliphatic heterocycles. The smallest absolute Gasteiger partial charge is 0.225 e. The molecule has 1 amide bonds. The molecule has 0 aliphatic carbocycles. The Morgan fingerprint density at radius 1 is 1.56 bits per heavy atom. The fourth-order valence-electron chi connectivity index (χ4n) is 2.33. The van der Waals surface area contributed by atoms with Crippen molar-refractivity contribution >= 4 is 18.3 Å². The Balaban J connectivity index is 0.00000128. The standard InChI is InChI=1S/C11H20N2O2.ClH/c1-9-8-12-4-5-13(9)11(14)7-10-3-2-6-15-10;/h9-10,12H,2-8H2,1H3;1H. The van der Waals surface area contributed by atoms with Crippen LogP contribution in [0, 0.1) is 0 Å². The number of hydrogen-bond acceptors (Lipinski definition) is 3. The lowest BCUT2D eigenvalue weighted by Gasteiger charge is -2.34. The first-order chi connectivity index (χ1) is 7.27. The summed E-state index contributed by atoms with van der Waals surface area (Å²) in [5.74, 6) is 0.260. The van der Waals surface area contributed by atoms with Crippen LogP contribution < -0.4 is 5.32 Å². The Kier molecular flexibility index (Phi) is 5.52. The van der Waals surface area contributed by atoms with Gasteiger partial charge < -0.3 is 15.0 Å². The first-order valence-electron chi connectivity index (χ1n) is 5.89. The van der Waals surface area contributed by atoms with Crippen LogP contribution in [0.15, 0.2) is 0 Å². The highest BCUT2D eigenvalue weighted by molar-refractivity contribution is 5.85. The molecule has 2 unspecified atom stereocenters. The number of amides is 1. The molecule has 5 heteroatoms. The Morgan fingerprint density at radius 2 is 2.38 bits per heavy atom. The van der Waals surface area contributed by atoms with Gasteiger partial charge in [-0.1, -0.05) is 0 Å². The number of hydrogen-bond donors (Lipinski definition) is 1. The normalized spacial score (nSPS) is 29.9. The minimum Gasteiger partial charge on any atom is -0.378 e. The molecule has 2 heterocycles. The molecule has 0 aromatic carbocycles. The summed E-state index contributed by atoms with van der Waals surface area (Å²) in [4.78, 5) is 14.0. The van der Waals surface area contributed by atoms with Crippen molar-refractivity contribution in [2.45, 2.75) is 38.3 Å². The Morgan fingerprint density at radius 3 is 3.00 bits per heavy atom. The predicted octanol–water partition coefficient (Wildman–Crippen LogP) is 0.798. The van der Waals surface area contributed by atoms with E-state index in [0.29, 0.717) is 12.5 Å². The number of rotatable bonds is 2. The molecular formula is C11H21ClN2O2. The van der Waals surface area contributed by atoms with Crippen molar-refractivity contribution in [2.24, 2.45) is 0 Å². The summed E-state index contributed by atoms with van der Waals surface area (Å²) in [6.07, 6.45) is 2.91. The first-order valence-corrected chi connectivity index (χ1v) is 5.89. The molecule has 0 aromatic heterocycles. The van der Waals surface area contributed by atoms with Crippen LogP contribution in [-0.4, -0.2) is 49.2 Å². The van der Waals surface area contributed by atoms with Gasteiger partial charge in [0, 0.05) is 32.3 Å². The van der Waals surface area contributed by atoms with Crippen molar-refractivity contribution in [1.82, 2.24) is 10.2 Å². The molecule has 94 valence electrons. The number of halogens is 1. The molecule has 1 N–H and O–H groups in total. The second-order valence-electron chi connectivity index (χ2n) is 4.48. The largest absolute Gasteiger partial charge is 0.378 e. The van der Waals surface area contributed by atoms with Gasteiger partial charge in [-0.05, 0) is 19.8 Å². The van der Waals surface area contributed by atoms with E-state index in [4.69, 9.17) is 4.74 Å². The van der Waals surface area contributed by atoms with E-state index in [-0.39, 0.29) is 24.4 Å². The summed E-state index contributed by atoms with van der Waals surface area (Å²) in [6, 6.07) is 0.327. The zero-order chi connectivity index (χ0) is 10.7. The summed E-state index contributed by atoms with van der Waals surface area (Å²) in [6.45, 7) is 5.60. The van der Waals surface area contributed by atoms with Crippen LogP contribution in [0.3, 0.4) is 0 Å². The number of nitrogens with zero attached hydrogens (tertiary/aromatic N) is 1. The van der Waals surface area contributed by atoms with E-state index in [1.54, 1.807) is 0 Å². The maximum atomic E-state index is 12.0. The Hall–Kier alpha value is -0.320. The number of ether oxygens (including phenoxy) is 1. The van der Waals surface area contributed by atoms with Gasteiger partial charge in [0.1, 0.15) is 0 Å². The summed E-state index contributed by atoms with van der Waals surface area (Å²) in [7, 11) is 0. The zero-order valence-corrected chi connectivity index (χ0v) is 10.6. The van der Waals surface area contributed by atoms with Gasteiger partial charge in [0.15, 0.2) is 0 Å². The molecule has 0 bridgehead atoms. The van der Waals surface area contributed by atoms with Gasteiger partial charge in [0.25, 0.3) is 0 Å². The lowest BCUT2D eigenvalue weighted by Crippen LogP contribution is -2.52. The highest BCUT2D eigenvalue weighted by atomic mass is 35.5. The highest BCUT2D eigenvalue weighted by Gasteiger charge is 2.26. The maximum Gasteiger partial charge on any atom is 0.225 e. The monoisotopic (exact) mass is 248 g/mol. The molecule has 0 saturated carbocycles. The highest BCUT2D eigenvalue weighted by Crippen LogP contribution is 2.17. The van der Waals surface area contributed by atoms with E-state index < -0.39 is 0 Å². The van der Waals surface area contributed by atoms with E-state index in [9.17, 15) is 4.79 Å². The molecular weight excluding hydrogens is 228 g/mol. The van der Waals surface area contributed by atoms with E-state index in [1.807, 2.05) is 4.90 Å². The maximum absolute atomic E-state index is 12.0. The SMILES string of the molecule is CC1CNCCN1C(=O)CC1CCCO1.Cl. The molecule has 2 aliphatic rings. The van der Waals surface area contributed by atoms with Crippen LogP contribution in [0.1, 0.15) is 26.2 Å². The third-order valence-electron chi connectivity index (χ3n) is 3.25. The molecule has 16 heavy (non-hydrogen) atoms. The van der Waals surface area contributed by atoms with Gasteiger partial charge in [-0.25, -0.2) is 0 Å². The van der Waals surface area contributed by atoms with Crippen LogP contribution in [0.2, 0.25) is 0 Å². The summed E-state index contributed by atoms with van der Waals surface area (Å²) in [5, 5.41) is 3.29. The van der Waals surface area contributed by atoms with Crippen molar-refractivity contribution < 1.29 is 9.53 Å². The lowest BCUT2D eigenvalue weighted by molar-refractivity contribution is -0.136. The lowest BCUT2D eigenvalue weighted by atomic mass is 10.1. The second-order valence-corrected chi connectivity index (χ2v) is 4.48. The molecule has 2 fully saturated rings. The fourth-order valence-corrected chi connectivity index (χ4v) is 2.33. The van der Waals surface area contributed by atoms with E-state index in [0.717, 1.165) is 39.1 Å². The minimum absolute atomic E-state index is 0. The van der Waals surface area contributed by atoms with Gasteiger partial charge in [-0.2, -0.15) is 0 Å². The first kappa shape index (κ1) is 13.7. The molecule has 2 atom stereocenters. The number of carbonyl (C=O) groups excluding carboxylic acids is 1. The van der Waals surface area contributed by atoms with Gasteiger partial charge >= 0.3 is 0 Å². The molecule has 0 aromatic rings. The van der Waals surface area contributed by atoms with Crippen molar-refractivity contribution in [3.63, 3.8) is 0 Å². The fraction of sp³-hybridized carbons (Fsp3) is 0.909. The van der Waals surface area contributed by atoms with Gasteiger partial charge in [0.05, 0.1) is 12.5 Å². The third-order valence-corrected chi connectivity index (χ3v) is 3.25. The minimum atomic E-state index is 0. The zero-order valence-electron chi connectivity index (χ0n) is 9.78. The quantitative estimate of drug-likeness (QED) is 0.786. The van der Waals surface area contributed by atoms with E-state index in [2.05, 4.69) is 12.2 Å². The van der Waals surface area contributed by atoms with Gasteiger partial charge in [-0.15, -0.1) is 12.4 Å². The second kappa shape index (κ2) is 6.42. The van der Waals surface area contributed by atoms with Gasteiger partial charge in [-0.3, -0.25) is 4.79 Å². The van der Waals surface area contributed by atoms with Crippen LogP contribution in [0.25, 0.3) is 0 Å². The van der Waals surface area contributed by atoms with Crippen molar-refractivity contribution in [3.05, 3.63) is 0 Å². The van der Waals surface area contributed by atoms with Crippen LogP contribution >= 0.6 is 12.4 Å². The third kappa shape index (κ3) is 3.34. The predicted molar refractivity (Wildman–Crippen MR) is 64.9 cm³/mol. The molecule has 0 radical (unpaired) electrons. The van der Waals surface area contributed by atoms with Crippen molar-refractivity contribution in [1.29, 1.82) is 0 Å². The molecule has 2 rings (SSSR count). The van der Waals surface area contributed by atoms with E-state index >= 15 is 0 Å². The van der Waals surface area contributed by atoms with E-state index in [1.165, 1.54) is 0 Å². The average Bonchev–Trinajstić information content (AvgIpc) is 2.71. The van der Waals surface area contributed by atoms with Crippen molar-refractivity contribution in [3.8, 4) is 0 Å².